The molecule has 1 aliphatic heterocycles. The molecule has 1 aromatic heterocycles. The van der Waals surface area contributed by atoms with Crippen LogP contribution < -0.4 is 4.74 Å². The molecule has 1 saturated heterocycles. The Kier molecular flexibility index (Phi) is 7.31. The molecule has 2 heterocycles. The molecule has 176 valence electrons. The van der Waals surface area contributed by atoms with Crippen molar-refractivity contribution in [1.82, 2.24) is 9.55 Å². The van der Waals surface area contributed by atoms with Crippen molar-refractivity contribution in [3.8, 4) is 5.75 Å². The fourth-order valence-corrected chi connectivity index (χ4v) is 4.58. The Morgan fingerprint density at radius 3 is 2.55 bits per heavy atom. The Balaban J connectivity index is 1.38. The fourth-order valence-electron chi connectivity index (χ4n) is 3.71. The number of aryl methyl sites for hydroxylation is 1. The number of benzene rings is 2. The van der Waals surface area contributed by atoms with Gasteiger partial charge in [-0.15, -0.1) is 11.8 Å². The minimum Gasteiger partial charge on any atom is -0.497 e. The smallest absolute Gasteiger partial charge is 0.416 e. The topological polar surface area (TPSA) is 45.5 Å². The Morgan fingerprint density at radius 1 is 1.15 bits per heavy atom. The van der Waals surface area contributed by atoms with Gasteiger partial charge in [0.05, 0.1) is 38.3 Å². The summed E-state index contributed by atoms with van der Waals surface area (Å²) in [5, 5.41) is 0. The molecular weight excluding hydrogens is 453 g/mol. The van der Waals surface area contributed by atoms with Gasteiger partial charge in [-0.25, -0.2) is 4.98 Å². The van der Waals surface area contributed by atoms with Crippen LogP contribution in [0.15, 0.2) is 72.1 Å². The average molecular weight is 479 g/mol. The standard InChI is InChI=1S/C24H25F3N2O3S/c1-30-20-6-2-18(3-7-20)10-11-23(16-29-13-12-28-17-29)31-14-21(32-23)15-33-22-8-4-19(5-9-22)24(25,26)27/h2-9,12-13,17,21H,10-11,14-16H2,1H3. The van der Waals surface area contributed by atoms with E-state index >= 15 is 0 Å². The van der Waals surface area contributed by atoms with Gasteiger partial charge in [-0.05, 0) is 48.4 Å². The molecule has 1 fully saturated rings. The number of nitrogens with zero attached hydrogens (tertiary/aromatic N) is 2. The molecule has 0 bridgehead atoms. The van der Waals surface area contributed by atoms with E-state index in [1.54, 1.807) is 19.6 Å². The van der Waals surface area contributed by atoms with Gasteiger partial charge in [-0.1, -0.05) is 12.1 Å². The highest BCUT2D eigenvalue weighted by Crippen LogP contribution is 2.35. The molecule has 5 nitrogen and oxygen atoms in total. The number of ether oxygens (including phenoxy) is 3. The van der Waals surface area contributed by atoms with Crippen molar-refractivity contribution < 1.29 is 27.4 Å². The van der Waals surface area contributed by atoms with Crippen LogP contribution in [0.5, 0.6) is 5.75 Å². The van der Waals surface area contributed by atoms with Crippen molar-refractivity contribution >= 4 is 11.8 Å². The summed E-state index contributed by atoms with van der Waals surface area (Å²) in [5.74, 6) is 0.589. The monoisotopic (exact) mass is 478 g/mol. The van der Waals surface area contributed by atoms with Crippen molar-refractivity contribution in [2.24, 2.45) is 0 Å². The predicted molar refractivity (Wildman–Crippen MR) is 119 cm³/mol. The highest BCUT2D eigenvalue weighted by molar-refractivity contribution is 7.99. The minimum absolute atomic E-state index is 0.170. The maximum absolute atomic E-state index is 12.8. The number of hydrogen-bond donors (Lipinski definition) is 0. The Labute approximate surface area is 194 Å². The molecule has 1 aliphatic rings. The van der Waals surface area contributed by atoms with Crippen molar-refractivity contribution in [2.45, 2.75) is 42.3 Å². The molecule has 0 N–H and O–H groups in total. The van der Waals surface area contributed by atoms with Crippen LogP contribution >= 0.6 is 11.8 Å². The molecule has 0 spiro atoms. The molecule has 9 heteroatoms. The summed E-state index contributed by atoms with van der Waals surface area (Å²) in [5.41, 5.74) is 0.501. The highest BCUT2D eigenvalue weighted by atomic mass is 32.2. The van der Waals surface area contributed by atoms with Crippen LogP contribution in [-0.2, 0) is 28.6 Å². The van der Waals surface area contributed by atoms with Crippen LogP contribution in [0.1, 0.15) is 17.5 Å². The number of methoxy groups -OCH3 is 1. The molecule has 4 rings (SSSR count). The van der Waals surface area contributed by atoms with E-state index in [0.717, 1.165) is 34.8 Å². The lowest BCUT2D eigenvalue weighted by Crippen LogP contribution is -2.37. The molecule has 3 aromatic rings. The van der Waals surface area contributed by atoms with Crippen LogP contribution in [-0.4, -0.2) is 40.9 Å². The molecule has 0 aliphatic carbocycles. The molecule has 2 aromatic carbocycles. The maximum Gasteiger partial charge on any atom is 0.416 e. The summed E-state index contributed by atoms with van der Waals surface area (Å²) < 4.78 is 58.0. The molecule has 0 saturated carbocycles. The van der Waals surface area contributed by atoms with E-state index < -0.39 is 17.5 Å². The molecule has 2 atom stereocenters. The van der Waals surface area contributed by atoms with E-state index in [0.29, 0.717) is 25.3 Å². The van der Waals surface area contributed by atoms with Gasteiger partial charge >= 0.3 is 6.18 Å². The van der Waals surface area contributed by atoms with Gasteiger partial charge in [0.2, 0.25) is 0 Å². The van der Waals surface area contributed by atoms with E-state index in [-0.39, 0.29) is 6.10 Å². The second-order valence-electron chi connectivity index (χ2n) is 7.88. The van der Waals surface area contributed by atoms with Crippen LogP contribution in [0.25, 0.3) is 0 Å². The molecular formula is C24H25F3N2O3S. The first kappa shape index (κ1) is 23.7. The predicted octanol–water partition coefficient (Wildman–Crippen LogP) is 5.45. The average Bonchev–Trinajstić information content (AvgIpc) is 3.47. The summed E-state index contributed by atoms with van der Waals surface area (Å²) in [6.07, 6.45) is 2.22. The van der Waals surface area contributed by atoms with Gasteiger partial charge in [-0.2, -0.15) is 13.2 Å². The third-order valence-corrected chi connectivity index (χ3v) is 6.61. The zero-order valence-electron chi connectivity index (χ0n) is 18.1. The van der Waals surface area contributed by atoms with Crippen molar-refractivity contribution in [1.29, 1.82) is 0 Å². The fraction of sp³-hybridized carbons (Fsp3) is 0.375. The van der Waals surface area contributed by atoms with Crippen molar-refractivity contribution in [3.05, 3.63) is 78.4 Å². The van der Waals surface area contributed by atoms with E-state index in [1.165, 1.54) is 23.9 Å². The summed E-state index contributed by atoms with van der Waals surface area (Å²) in [7, 11) is 1.64. The van der Waals surface area contributed by atoms with Gasteiger partial charge < -0.3 is 18.8 Å². The third kappa shape index (κ3) is 6.31. The number of hydrogen-bond acceptors (Lipinski definition) is 5. The van der Waals surface area contributed by atoms with Gasteiger partial charge in [-0.3, -0.25) is 0 Å². The number of thioether (sulfide) groups is 1. The SMILES string of the molecule is COc1ccc(CCC2(Cn3ccnc3)OCC(CSc3ccc(C(F)(F)F)cc3)O2)cc1. The van der Waals surface area contributed by atoms with Crippen LogP contribution in [0, 0.1) is 0 Å². The van der Waals surface area contributed by atoms with Crippen LogP contribution in [0.2, 0.25) is 0 Å². The molecule has 33 heavy (non-hydrogen) atoms. The van der Waals surface area contributed by atoms with Crippen LogP contribution in [0.4, 0.5) is 13.2 Å². The van der Waals surface area contributed by atoms with E-state index in [2.05, 4.69) is 4.98 Å². The van der Waals surface area contributed by atoms with Gasteiger partial charge in [0.15, 0.2) is 5.79 Å². The van der Waals surface area contributed by atoms with Gasteiger partial charge in [0.1, 0.15) is 5.75 Å². The highest BCUT2D eigenvalue weighted by Gasteiger charge is 2.41. The lowest BCUT2D eigenvalue weighted by molar-refractivity contribution is -0.180. The maximum atomic E-state index is 12.8. The summed E-state index contributed by atoms with van der Waals surface area (Å²) in [6, 6.07) is 13.1. The van der Waals surface area contributed by atoms with Crippen molar-refractivity contribution in [3.63, 3.8) is 0 Å². The number of aromatic nitrogens is 2. The molecule has 0 radical (unpaired) electrons. The summed E-state index contributed by atoms with van der Waals surface area (Å²) >= 11 is 1.46. The lowest BCUT2D eigenvalue weighted by atomic mass is 10.0. The Bertz CT molecular complexity index is 1010. The number of halogens is 3. The lowest BCUT2D eigenvalue weighted by Gasteiger charge is -2.28. The van der Waals surface area contributed by atoms with E-state index in [1.807, 2.05) is 35.0 Å². The largest absolute Gasteiger partial charge is 0.497 e. The zero-order chi connectivity index (χ0) is 23.3. The van der Waals surface area contributed by atoms with Crippen LogP contribution in [0.3, 0.4) is 0 Å². The summed E-state index contributed by atoms with van der Waals surface area (Å²) in [6.45, 7) is 0.926. The second-order valence-corrected chi connectivity index (χ2v) is 8.97. The Hall–Kier alpha value is -2.49. The second kappa shape index (κ2) is 10.2. The quantitative estimate of drug-likeness (QED) is 0.383. The van der Waals surface area contributed by atoms with E-state index in [4.69, 9.17) is 14.2 Å². The number of rotatable bonds is 9. The van der Waals surface area contributed by atoms with Gasteiger partial charge in [0.25, 0.3) is 0 Å². The normalized spacial score (nSPS) is 20.8. The Morgan fingerprint density at radius 2 is 1.91 bits per heavy atom. The first-order valence-corrected chi connectivity index (χ1v) is 11.5. The van der Waals surface area contributed by atoms with Crippen molar-refractivity contribution in [2.75, 3.05) is 19.5 Å². The molecule has 2 unspecified atom stereocenters. The number of imidazole rings is 1. The van der Waals surface area contributed by atoms with E-state index in [9.17, 15) is 13.2 Å². The zero-order valence-corrected chi connectivity index (χ0v) is 18.9. The minimum atomic E-state index is -4.33. The van der Waals surface area contributed by atoms with Gasteiger partial charge in [0, 0.05) is 29.5 Å². The third-order valence-electron chi connectivity index (χ3n) is 5.47. The summed E-state index contributed by atoms with van der Waals surface area (Å²) in [4.78, 5) is 4.87. The number of alkyl halides is 3. The first-order valence-electron chi connectivity index (χ1n) is 10.6. The molecule has 0 amide bonds. The first-order chi connectivity index (χ1) is 15.9.